The second kappa shape index (κ2) is 6.07. The van der Waals surface area contributed by atoms with E-state index in [1.807, 2.05) is 0 Å². The number of furan rings is 1. The van der Waals surface area contributed by atoms with Gasteiger partial charge in [-0.1, -0.05) is 0 Å². The Labute approximate surface area is 120 Å². The van der Waals surface area contributed by atoms with Gasteiger partial charge < -0.3 is 25.3 Å². The van der Waals surface area contributed by atoms with Gasteiger partial charge in [-0.25, -0.2) is 4.79 Å². The number of hydrogen-bond acceptors (Lipinski definition) is 4. The first-order valence-electron chi connectivity index (χ1n) is 5.66. The number of carboxylic acid groups (broad SMARTS) is 1. The highest BCUT2D eigenvalue weighted by Crippen LogP contribution is 2.17. The van der Waals surface area contributed by atoms with Crippen LogP contribution in [0, 0.1) is 0 Å². The molecule has 2 aromatic rings. The van der Waals surface area contributed by atoms with Crippen molar-refractivity contribution in [3.8, 4) is 5.75 Å². The van der Waals surface area contributed by atoms with Gasteiger partial charge in [-0.2, -0.15) is 0 Å². The van der Waals surface area contributed by atoms with Crippen LogP contribution in [0.4, 0.5) is 5.69 Å². The molecule has 1 aromatic heterocycles. The van der Waals surface area contributed by atoms with Crippen molar-refractivity contribution in [2.45, 2.75) is 6.61 Å². The molecule has 0 saturated carbocycles. The Balaban J connectivity index is 1.93. The molecule has 0 unspecified atom stereocenters. The third-order valence-corrected chi connectivity index (χ3v) is 2.48. The van der Waals surface area contributed by atoms with E-state index in [0.717, 1.165) is 5.69 Å². The normalized spacial score (nSPS) is 10.0. The standard InChI is InChI=1S/C13H12N2O4S/c14-13(20)15-8-1-3-9(4-2-8)18-7-10-5-6-11(19-10)12(16)17/h1-6H,7H2,(H,16,17)(H3,14,15,20). The number of carboxylic acids is 1. The summed E-state index contributed by atoms with van der Waals surface area (Å²) in [5.74, 6) is -0.163. The number of hydrogen-bond donors (Lipinski definition) is 3. The number of aromatic carboxylic acids is 1. The molecule has 0 radical (unpaired) electrons. The maximum atomic E-state index is 10.7. The first-order valence-corrected chi connectivity index (χ1v) is 6.07. The smallest absolute Gasteiger partial charge is 0.371 e. The minimum Gasteiger partial charge on any atom is -0.486 e. The highest BCUT2D eigenvalue weighted by Gasteiger charge is 2.09. The van der Waals surface area contributed by atoms with Crippen LogP contribution in [0.5, 0.6) is 5.75 Å². The van der Waals surface area contributed by atoms with Gasteiger partial charge >= 0.3 is 5.97 Å². The van der Waals surface area contributed by atoms with Crippen molar-refractivity contribution in [2.75, 3.05) is 5.32 Å². The van der Waals surface area contributed by atoms with Crippen LogP contribution < -0.4 is 15.8 Å². The summed E-state index contributed by atoms with van der Waals surface area (Å²) in [5.41, 5.74) is 6.11. The van der Waals surface area contributed by atoms with Crippen LogP contribution in [0.2, 0.25) is 0 Å². The van der Waals surface area contributed by atoms with Crippen LogP contribution in [0.1, 0.15) is 16.3 Å². The average molecular weight is 292 g/mol. The Morgan fingerprint density at radius 2 is 2.00 bits per heavy atom. The van der Waals surface area contributed by atoms with Crippen LogP contribution in [-0.2, 0) is 6.61 Å². The van der Waals surface area contributed by atoms with Crippen molar-refractivity contribution in [1.29, 1.82) is 0 Å². The van der Waals surface area contributed by atoms with Crippen LogP contribution in [0.15, 0.2) is 40.8 Å². The van der Waals surface area contributed by atoms with Crippen molar-refractivity contribution in [2.24, 2.45) is 5.73 Å². The topological polar surface area (TPSA) is 97.7 Å². The number of thiocarbonyl (C=S) groups is 1. The fraction of sp³-hybridized carbons (Fsp3) is 0.0769. The Bertz CT molecular complexity index is 622. The van der Waals surface area contributed by atoms with Crippen LogP contribution >= 0.6 is 12.2 Å². The van der Waals surface area contributed by atoms with Gasteiger partial charge in [0.05, 0.1) is 0 Å². The van der Waals surface area contributed by atoms with E-state index in [1.54, 1.807) is 30.3 Å². The second-order valence-corrected chi connectivity index (χ2v) is 4.31. The summed E-state index contributed by atoms with van der Waals surface area (Å²) in [6.45, 7) is 0.148. The largest absolute Gasteiger partial charge is 0.486 e. The van der Waals surface area contributed by atoms with Gasteiger partial charge in [0, 0.05) is 5.69 Å². The molecule has 2 rings (SSSR count). The van der Waals surface area contributed by atoms with E-state index in [-0.39, 0.29) is 17.5 Å². The molecule has 0 bridgehead atoms. The predicted octanol–water partition coefficient (Wildman–Crippen LogP) is 2.21. The average Bonchev–Trinajstić information content (AvgIpc) is 2.86. The summed E-state index contributed by atoms with van der Waals surface area (Å²) in [5, 5.41) is 11.7. The van der Waals surface area contributed by atoms with E-state index in [1.165, 1.54) is 6.07 Å². The van der Waals surface area contributed by atoms with Crippen molar-refractivity contribution >= 4 is 29.0 Å². The molecular weight excluding hydrogens is 280 g/mol. The number of rotatable bonds is 5. The van der Waals surface area contributed by atoms with E-state index in [2.05, 4.69) is 5.32 Å². The minimum atomic E-state index is -1.11. The molecule has 4 N–H and O–H groups in total. The summed E-state index contributed by atoms with van der Waals surface area (Å²) < 4.78 is 10.5. The molecule has 1 aromatic carbocycles. The summed E-state index contributed by atoms with van der Waals surface area (Å²) in [4.78, 5) is 10.7. The van der Waals surface area contributed by atoms with Crippen molar-refractivity contribution in [3.05, 3.63) is 47.9 Å². The fourth-order valence-electron chi connectivity index (χ4n) is 1.50. The molecule has 0 aliphatic rings. The summed E-state index contributed by atoms with van der Waals surface area (Å²) in [6, 6.07) is 9.95. The third kappa shape index (κ3) is 3.72. The zero-order valence-electron chi connectivity index (χ0n) is 10.3. The lowest BCUT2D eigenvalue weighted by Crippen LogP contribution is -2.18. The number of benzene rings is 1. The molecule has 104 valence electrons. The Kier molecular flexibility index (Phi) is 4.21. The molecule has 0 aliphatic heterocycles. The quantitative estimate of drug-likeness (QED) is 0.727. The number of carbonyl (C=O) groups is 1. The Morgan fingerprint density at radius 1 is 1.30 bits per heavy atom. The molecule has 20 heavy (non-hydrogen) atoms. The second-order valence-electron chi connectivity index (χ2n) is 3.87. The van der Waals surface area contributed by atoms with E-state index < -0.39 is 5.97 Å². The number of nitrogens with two attached hydrogens (primary N) is 1. The molecule has 0 atom stereocenters. The van der Waals surface area contributed by atoms with Crippen molar-refractivity contribution in [1.82, 2.24) is 0 Å². The molecule has 1 heterocycles. The van der Waals surface area contributed by atoms with Gasteiger partial charge in [0.15, 0.2) is 5.11 Å². The maximum Gasteiger partial charge on any atom is 0.371 e. The molecule has 0 fully saturated rings. The number of nitrogens with one attached hydrogen (secondary N) is 1. The van der Waals surface area contributed by atoms with E-state index in [9.17, 15) is 4.79 Å². The van der Waals surface area contributed by atoms with E-state index in [0.29, 0.717) is 11.5 Å². The Hall–Kier alpha value is -2.54. The first kappa shape index (κ1) is 13.9. The SMILES string of the molecule is NC(=S)Nc1ccc(OCc2ccc(C(=O)O)o2)cc1. The van der Waals surface area contributed by atoms with E-state index >= 15 is 0 Å². The lowest BCUT2D eigenvalue weighted by molar-refractivity contribution is 0.0658. The molecule has 0 spiro atoms. The highest BCUT2D eigenvalue weighted by atomic mass is 32.1. The van der Waals surface area contributed by atoms with Crippen LogP contribution in [0.25, 0.3) is 0 Å². The Morgan fingerprint density at radius 3 is 2.55 bits per heavy atom. The summed E-state index contributed by atoms with van der Waals surface area (Å²) >= 11 is 4.72. The zero-order chi connectivity index (χ0) is 14.5. The van der Waals surface area contributed by atoms with Gasteiger partial charge in [0.2, 0.25) is 5.76 Å². The highest BCUT2D eigenvalue weighted by molar-refractivity contribution is 7.80. The monoisotopic (exact) mass is 292 g/mol. The van der Waals surface area contributed by atoms with E-state index in [4.69, 9.17) is 32.2 Å². The van der Waals surface area contributed by atoms with Crippen LogP contribution in [-0.4, -0.2) is 16.2 Å². The third-order valence-electron chi connectivity index (χ3n) is 2.38. The molecule has 0 aliphatic carbocycles. The summed E-state index contributed by atoms with van der Waals surface area (Å²) in [7, 11) is 0. The van der Waals surface area contributed by atoms with Crippen LogP contribution in [0.3, 0.4) is 0 Å². The van der Waals surface area contributed by atoms with Gasteiger partial charge in [0.1, 0.15) is 18.1 Å². The maximum absolute atomic E-state index is 10.7. The fourth-order valence-corrected chi connectivity index (χ4v) is 1.62. The first-order chi connectivity index (χ1) is 9.54. The van der Waals surface area contributed by atoms with Gasteiger partial charge in [0.25, 0.3) is 0 Å². The van der Waals surface area contributed by atoms with Gasteiger partial charge in [-0.05, 0) is 48.6 Å². The van der Waals surface area contributed by atoms with Crippen molar-refractivity contribution < 1.29 is 19.1 Å². The minimum absolute atomic E-state index is 0.111. The molecule has 0 amide bonds. The van der Waals surface area contributed by atoms with Crippen molar-refractivity contribution in [3.63, 3.8) is 0 Å². The van der Waals surface area contributed by atoms with Gasteiger partial charge in [-0.3, -0.25) is 0 Å². The molecule has 7 heteroatoms. The predicted molar refractivity (Wildman–Crippen MR) is 76.8 cm³/mol. The number of ether oxygens (including phenoxy) is 1. The summed E-state index contributed by atoms with van der Waals surface area (Å²) in [6.07, 6.45) is 0. The molecular formula is C13H12N2O4S. The molecule has 0 saturated heterocycles. The number of anilines is 1. The lowest BCUT2D eigenvalue weighted by atomic mass is 10.3. The molecule has 6 nitrogen and oxygen atoms in total. The zero-order valence-corrected chi connectivity index (χ0v) is 11.1. The lowest BCUT2D eigenvalue weighted by Gasteiger charge is -2.06. The van der Waals surface area contributed by atoms with Gasteiger partial charge in [-0.15, -0.1) is 0 Å².